The summed E-state index contributed by atoms with van der Waals surface area (Å²) in [4.78, 5) is 4.74. The second-order valence-electron chi connectivity index (χ2n) is 6.54. The number of nitrogens with zero attached hydrogens (tertiary/aromatic N) is 3. The van der Waals surface area contributed by atoms with Crippen LogP contribution < -0.4 is 14.5 Å². The van der Waals surface area contributed by atoms with E-state index < -0.39 is 0 Å². The average molecular weight is 397 g/mol. The molecule has 0 aliphatic carbocycles. The van der Waals surface area contributed by atoms with E-state index in [1.54, 1.807) is 26.4 Å². The molecule has 0 N–H and O–H groups in total. The molecule has 1 atom stereocenters. The van der Waals surface area contributed by atoms with Gasteiger partial charge in [0.25, 0.3) is 0 Å². The van der Waals surface area contributed by atoms with Crippen LogP contribution >= 0.6 is 11.3 Å². The number of aromatic nitrogens is 1. The van der Waals surface area contributed by atoms with Gasteiger partial charge in [0.2, 0.25) is 5.13 Å². The van der Waals surface area contributed by atoms with Crippen LogP contribution in [0.2, 0.25) is 0 Å². The topological polar surface area (TPSA) is 47.0 Å². The molecule has 1 aromatic heterocycles. The van der Waals surface area contributed by atoms with Crippen molar-refractivity contribution < 1.29 is 13.9 Å². The van der Waals surface area contributed by atoms with Crippen molar-refractivity contribution in [2.45, 2.75) is 19.4 Å². The van der Waals surface area contributed by atoms with Gasteiger partial charge in [-0.2, -0.15) is 5.10 Å². The van der Waals surface area contributed by atoms with Crippen LogP contribution in [0, 0.1) is 5.82 Å². The minimum absolute atomic E-state index is 0.0343. The molecule has 2 aromatic carbocycles. The number of thiazole rings is 1. The molecule has 1 aliphatic heterocycles. The highest BCUT2D eigenvalue weighted by Crippen LogP contribution is 2.40. The normalized spacial score (nSPS) is 16.2. The second kappa shape index (κ2) is 7.59. The van der Waals surface area contributed by atoms with Crippen molar-refractivity contribution in [2.75, 3.05) is 19.2 Å². The summed E-state index contributed by atoms with van der Waals surface area (Å²) in [6.45, 7) is 2.02. The Morgan fingerprint density at radius 2 is 1.82 bits per heavy atom. The highest BCUT2D eigenvalue weighted by atomic mass is 32.1. The van der Waals surface area contributed by atoms with Crippen LogP contribution in [0.15, 0.2) is 52.9 Å². The van der Waals surface area contributed by atoms with Crippen LogP contribution in [0.3, 0.4) is 0 Å². The predicted octanol–water partition coefficient (Wildman–Crippen LogP) is 5.29. The lowest BCUT2D eigenvalue weighted by Gasteiger charge is -2.22. The van der Waals surface area contributed by atoms with Crippen molar-refractivity contribution in [3.05, 3.63) is 59.2 Å². The summed E-state index contributed by atoms with van der Waals surface area (Å²) in [5, 5.41) is 9.43. The van der Waals surface area contributed by atoms with E-state index in [0.717, 1.165) is 34.1 Å². The Kier molecular flexibility index (Phi) is 5.00. The maximum absolute atomic E-state index is 13.2. The molecule has 0 unspecified atom stereocenters. The Morgan fingerprint density at radius 1 is 1.07 bits per heavy atom. The largest absolute Gasteiger partial charge is 0.493 e. The molecule has 7 heteroatoms. The third-order valence-corrected chi connectivity index (χ3v) is 5.51. The first-order valence-electron chi connectivity index (χ1n) is 8.85. The molecule has 3 aromatic rings. The molecular weight excluding hydrogens is 377 g/mol. The third kappa shape index (κ3) is 3.45. The Bertz CT molecular complexity index is 1020. The first-order valence-corrected chi connectivity index (χ1v) is 9.73. The number of anilines is 1. The number of halogens is 1. The van der Waals surface area contributed by atoms with Gasteiger partial charge in [-0.1, -0.05) is 6.07 Å². The molecule has 144 valence electrons. The SMILES string of the molecule is COc1ccc([C@H]2CC(C)=NN2c2nc(-c3ccc(F)cc3)cs2)cc1OC. The van der Waals surface area contributed by atoms with Gasteiger partial charge in [0, 0.05) is 23.1 Å². The Labute approximate surface area is 167 Å². The van der Waals surface area contributed by atoms with Gasteiger partial charge in [-0.05, 0) is 48.9 Å². The van der Waals surface area contributed by atoms with E-state index >= 15 is 0 Å². The Balaban J connectivity index is 1.66. The van der Waals surface area contributed by atoms with Crippen LogP contribution in [0.1, 0.15) is 24.9 Å². The number of methoxy groups -OCH3 is 2. The maximum atomic E-state index is 13.2. The maximum Gasteiger partial charge on any atom is 0.207 e. The molecule has 0 spiro atoms. The Morgan fingerprint density at radius 3 is 2.54 bits per heavy atom. The number of hydrogen-bond donors (Lipinski definition) is 0. The van der Waals surface area contributed by atoms with E-state index in [2.05, 4.69) is 0 Å². The van der Waals surface area contributed by atoms with Crippen LogP contribution in [0.5, 0.6) is 11.5 Å². The molecule has 0 amide bonds. The van der Waals surface area contributed by atoms with Crippen LogP contribution in [0.25, 0.3) is 11.3 Å². The van der Waals surface area contributed by atoms with Gasteiger partial charge >= 0.3 is 0 Å². The summed E-state index contributed by atoms with van der Waals surface area (Å²) in [7, 11) is 3.25. The smallest absolute Gasteiger partial charge is 0.207 e. The van der Waals surface area contributed by atoms with Gasteiger partial charge in [0.15, 0.2) is 11.5 Å². The van der Waals surface area contributed by atoms with Crippen LogP contribution in [-0.2, 0) is 0 Å². The number of hydrazone groups is 1. The molecule has 4 rings (SSSR count). The van der Waals surface area contributed by atoms with Gasteiger partial charge in [0.1, 0.15) is 5.82 Å². The van der Waals surface area contributed by atoms with E-state index in [4.69, 9.17) is 19.6 Å². The van der Waals surface area contributed by atoms with E-state index in [-0.39, 0.29) is 11.9 Å². The first-order chi connectivity index (χ1) is 13.6. The lowest BCUT2D eigenvalue weighted by molar-refractivity contribution is 0.354. The fourth-order valence-electron chi connectivity index (χ4n) is 3.28. The Hall–Kier alpha value is -2.93. The van der Waals surface area contributed by atoms with Gasteiger partial charge in [-0.15, -0.1) is 11.3 Å². The lowest BCUT2D eigenvalue weighted by Crippen LogP contribution is -2.18. The summed E-state index contributed by atoms with van der Waals surface area (Å²) in [5.74, 6) is 1.13. The molecular formula is C21H20FN3O2S. The standard InChI is InChI=1S/C21H20FN3O2S/c1-13-10-18(15-6-9-19(26-2)20(11-15)27-3)25(24-13)21-23-17(12-28-21)14-4-7-16(22)8-5-14/h4-9,11-12,18H,10H2,1-3H3/t18-/m1/s1. The van der Waals surface area contributed by atoms with E-state index in [9.17, 15) is 4.39 Å². The number of rotatable bonds is 5. The van der Waals surface area contributed by atoms with Crippen molar-refractivity contribution in [3.8, 4) is 22.8 Å². The minimum Gasteiger partial charge on any atom is -0.493 e. The summed E-state index contributed by atoms with van der Waals surface area (Å²) >= 11 is 1.52. The summed E-state index contributed by atoms with van der Waals surface area (Å²) < 4.78 is 24.0. The van der Waals surface area contributed by atoms with Crippen molar-refractivity contribution in [1.82, 2.24) is 4.98 Å². The van der Waals surface area contributed by atoms with Crippen molar-refractivity contribution in [2.24, 2.45) is 5.10 Å². The van der Waals surface area contributed by atoms with Gasteiger partial charge in [-0.3, -0.25) is 0 Å². The zero-order chi connectivity index (χ0) is 19.7. The van der Waals surface area contributed by atoms with E-state index in [1.807, 2.05) is 35.5 Å². The number of ether oxygens (including phenoxy) is 2. The molecule has 0 saturated heterocycles. The van der Waals surface area contributed by atoms with Gasteiger partial charge in [-0.25, -0.2) is 14.4 Å². The number of hydrogen-bond acceptors (Lipinski definition) is 6. The van der Waals surface area contributed by atoms with E-state index in [1.165, 1.54) is 23.5 Å². The highest BCUT2D eigenvalue weighted by molar-refractivity contribution is 7.14. The summed E-state index contributed by atoms with van der Waals surface area (Å²) in [6, 6.07) is 12.3. The summed E-state index contributed by atoms with van der Waals surface area (Å²) in [5.41, 5.74) is 3.81. The molecule has 0 saturated carbocycles. The second-order valence-corrected chi connectivity index (χ2v) is 7.37. The number of benzene rings is 2. The highest BCUT2D eigenvalue weighted by Gasteiger charge is 2.30. The molecule has 5 nitrogen and oxygen atoms in total. The zero-order valence-corrected chi connectivity index (χ0v) is 16.7. The fourth-order valence-corrected chi connectivity index (χ4v) is 4.11. The molecule has 0 fully saturated rings. The predicted molar refractivity (Wildman–Crippen MR) is 110 cm³/mol. The summed E-state index contributed by atoms with van der Waals surface area (Å²) in [6.07, 6.45) is 0.806. The van der Waals surface area contributed by atoms with Crippen LogP contribution in [0.4, 0.5) is 9.52 Å². The van der Waals surface area contributed by atoms with Crippen molar-refractivity contribution >= 4 is 22.2 Å². The average Bonchev–Trinajstić information content (AvgIpc) is 3.34. The van der Waals surface area contributed by atoms with Crippen molar-refractivity contribution in [3.63, 3.8) is 0 Å². The first kappa shape index (κ1) is 18.4. The zero-order valence-electron chi connectivity index (χ0n) is 15.8. The molecule has 28 heavy (non-hydrogen) atoms. The van der Waals surface area contributed by atoms with E-state index in [0.29, 0.717) is 11.5 Å². The van der Waals surface area contributed by atoms with Gasteiger partial charge < -0.3 is 9.47 Å². The fraction of sp³-hybridized carbons (Fsp3) is 0.238. The van der Waals surface area contributed by atoms with Crippen molar-refractivity contribution in [1.29, 1.82) is 0 Å². The third-order valence-electron chi connectivity index (χ3n) is 4.68. The van der Waals surface area contributed by atoms with Gasteiger partial charge in [0.05, 0.1) is 26.0 Å². The molecule has 2 heterocycles. The minimum atomic E-state index is -0.257. The molecule has 0 radical (unpaired) electrons. The molecule has 1 aliphatic rings. The lowest BCUT2D eigenvalue weighted by atomic mass is 10.0. The quantitative estimate of drug-likeness (QED) is 0.587. The van der Waals surface area contributed by atoms with Crippen LogP contribution in [-0.4, -0.2) is 24.9 Å². The molecule has 0 bridgehead atoms. The monoisotopic (exact) mass is 397 g/mol.